The van der Waals surface area contributed by atoms with E-state index in [0.29, 0.717) is 19.4 Å². The number of amides is 4. The van der Waals surface area contributed by atoms with Crippen molar-refractivity contribution in [2.24, 2.45) is 5.92 Å². The van der Waals surface area contributed by atoms with Crippen LogP contribution in [-0.2, 0) is 14.4 Å². The average Bonchev–Trinajstić information content (AvgIpc) is 2.42. The number of urea groups is 1. The fourth-order valence-corrected chi connectivity index (χ4v) is 2.43. The van der Waals surface area contributed by atoms with Gasteiger partial charge >= 0.3 is 12.0 Å². The topological polar surface area (TPSA) is 116 Å². The van der Waals surface area contributed by atoms with Crippen molar-refractivity contribution in [2.45, 2.75) is 31.7 Å². The molecule has 0 aromatic carbocycles. The summed E-state index contributed by atoms with van der Waals surface area (Å²) < 4.78 is 0. The Balaban J connectivity index is 1.89. The van der Waals surface area contributed by atoms with Crippen molar-refractivity contribution >= 4 is 23.8 Å². The van der Waals surface area contributed by atoms with Gasteiger partial charge in [0.25, 0.3) is 0 Å². The van der Waals surface area contributed by atoms with E-state index in [-0.39, 0.29) is 25.3 Å². The first-order chi connectivity index (χ1) is 9.47. The second-order valence-corrected chi connectivity index (χ2v) is 5.08. The van der Waals surface area contributed by atoms with E-state index in [1.54, 1.807) is 0 Å². The van der Waals surface area contributed by atoms with Gasteiger partial charge < -0.3 is 15.3 Å². The summed E-state index contributed by atoms with van der Waals surface area (Å²) in [5.41, 5.74) is 0. The molecule has 0 aromatic heterocycles. The van der Waals surface area contributed by atoms with E-state index < -0.39 is 29.9 Å². The Hall–Kier alpha value is -2.12. The van der Waals surface area contributed by atoms with Gasteiger partial charge in [0.15, 0.2) is 0 Å². The lowest BCUT2D eigenvalue weighted by Gasteiger charge is -2.32. The molecule has 2 rings (SSSR count). The molecule has 2 saturated heterocycles. The highest BCUT2D eigenvalue weighted by molar-refractivity contribution is 6.01. The molecule has 2 heterocycles. The number of nitrogens with one attached hydrogen (secondary N) is 2. The molecule has 8 nitrogen and oxygen atoms in total. The maximum Gasteiger partial charge on any atom is 0.318 e. The molecule has 1 unspecified atom stereocenters. The number of carboxylic acid groups (broad SMARTS) is 1. The Labute approximate surface area is 115 Å². The predicted octanol–water partition coefficient (Wildman–Crippen LogP) is -0.702. The number of rotatable bonds is 2. The SMILES string of the molecule is O=C1CCC(NC(=O)N2CCC[C@H](C(=O)O)C2)C(=O)N1. The number of hydrogen-bond donors (Lipinski definition) is 3. The molecule has 4 amide bonds. The Kier molecular flexibility index (Phi) is 4.21. The van der Waals surface area contributed by atoms with Gasteiger partial charge in [-0.1, -0.05) is 0 Å². The van der Waals surface area contributed by atoms with Crippen molar-refractivity contribution in [1.82, 2.24) is 15.5 Å². The highest BCUT2D eigenvalue weighted by Crippen LogP contribution is 2.17. The molecule has 0 aliphatic carbocycles. The summed E-state index contributed by atoms with van der Waals surface area (Å²) in [6.07, 6.45) is 1.64. The lowest BCUT2D eigenvalue weighted by molar-refractivity contribution is -0.143. The molecular formula is C12H17N3O5. The van der Waals surface area contributed by atoms with Crippen molar-refractivity contribution in [3.05, 3.63) is 0 Å². The number of hydrogen-bond acceptors (Lipinski definition) is 4. The average molecular weight is 283 g/mol. The lowest BCUT2D eigenvalue weighted by atomic mass is 9.98. The Morgan fingerprint density at radius 3 is 2.70 bits per heavy atom. The molecule has 3 N–H and O–H groups in total. The zero-order valence-corrected chi connectivity index (χ0v) is 10.9. The molecule has 2 aliphatic heterocycles. The monoisotopic (exact) mass is 283 g/mol. The highest BCUT2D eigenvalue weighted by atomic mass is 16.4. The largest absolute Gasteiger partial charge is 0.481 e. The lowest BCUT2D eigenvalue weighted by Crippen LogP contribution is -2.56. The van der Waals surface area contributed by atoms with Gasteiger partial charge in [-0.3, -0.25) is 19.7 Å². The van der Waals surface area contributed by atoms with Gasteiger partial charge in [0.05, 0.1) is 5.92 Å². The van der Waals surface area contributed by atoms with Gasteiger partial charge in [0.1, 0.15) is 6.04 Å². The van der Waals surface area contributed by atoms with Crippen molar-refractivity contribution in [1.29, 1.82) is 0 Å². The number of carboxylic acids is 1. The molecule has 0 saturated carbocycles. The number of piperidine rings is 2. The van der Waals surface area contributed by atoms with Gasteiger partial charge in [-0.25, -0.2) is 4.79 Å². The highest BCUT2D eigenvalue weighted by Gasteiger charge is 2.32. The van der Waals surface area contributed by atoms with Crippen LogP contribution < -0.4 is 10.6 Å². The summed E-state index contributed by atoms with van der Waals surface area (Å²) >= 11 is 0. The molecule has 0 bridgehead atoms. The van der Waals surface area contributed by atoms with Crippen LogP contribution >= 0.6 is 0 Å². The van der Waals surface area contributed by atoms with E-state index in [2.05, 4.69) is 10.6 Å². The molecular weight excluding hydrogens is 266 g/mol. The van der Waals surface area contributed by atoms with Crippen molar-refractivity contribution in [3.63, 3.8) is 0 Å². The van der Waals surface area contributed by atoms with E-state index in [9.17, 15) is 19.2 Å². The third kappa shape index (κ3) is 3.25. The van der Waals surface area contributed by atoms with Gasteiger partial charge in [-0.05, 0) is 19.3 Å². The minimum Gasteiger partial charge on any atom is -0.481 e. The summed E-state index contributed by atoms with van der Waals surface area (Å²) in [6.45, 7) is 0.622. The molecule has 0 aromatic rings. The summed E-state index contributed by atoms with van der Waals surface area (Å²) in [5.74, 6) is -2.33. The summed E-state index contributed by atoms with van der Waals surface area (Å²) in [4.78, 5) is 46.9. The van der Waals surface area contributed by atoms with Crippen LogP contribution in [0.4, 0.5) is 4.79 Å². The first kappa shape index (κ1) is 14.3. The van der Waals surface area contributed by atoms with E-state index in [4.69, 9.17) is 5.11 Å². The number of carbonyl (C=O) groups excluding carboxylic acids is 3. The molecule has 2 atom stereocenters. The summed E-state index contributed by atoms with van der Waals surface area (Å²) in [7, 11) is 0. The maximum absolute atomic E-state index is 12.0. The fourth-order valence-electron chi connectivity index (χ4n) is 2.43. The number of aliphatic carboxylic acids is 1. The van der Waals surface area contributed by atoms with Gasteiger partial charge in [-0.2, -0.15) is 0 Å². The number of carbonyl (C=O) groups is 4. The van der Waals surface area contributed by atoms with Crippen molar-refractivity contribution in [2.75, 3.05) is 13.1 Å². The summed E-state index contributed by atoms with van der Waals surface area (Å²) in [6, 6.07) is -1.18. The first-order valence-electron chi connectivity index (χ1n) is 6.59. The summed E-state index contributed by atoms with van der Waals surface area (Å²) in [5, 5.41) is 13.7. The molecule has 110 valence electrons. The van der Waals surface area contributed by atoms with E-state index >= 15 is 0 Å². The van der Waals surface area contributed by atoms with E-state index in [1.165, 1.54) is 4.90 Å². The second kappa shape index (κ2) is 5.89. The van der Waals surface area contributed by atoms with Crippen molar-refractivity contribution in [3.8, 4) is 0 Å². The Bertz CT molecular complexity index is 450. The molecule has 0 spiro atoms. The van der Waals surface area contributed by atoms with Crippen LogP contribution in [0.15, 0.2) is 0 Å². The first-order valence-corrected chi connectivity index (χ1v) is 6.59. The molecule has 2 aliphatic rings. The van der Waals surface area contributed by atoms with Crippen molar-refractivity contribution < 1.29 is 24.3 Å². The van der Waals surface area contributed by atoms with Crippen LogP contribution in [0, 0.1) is 5.92 Å². The zero-order chi connectivity index (χ0) is 14.7. The minimum atomic E-state index is -0.913. The van der Waals surface area contributed by atoms with Gasteiger partial charge in [-0.15, -0.1) is 0 Å². The normalized spacial score (nSPS) is 26.9. The van der Waals surface area contributed by atoms with E-state index in [0.717, 1.165) is 0 Å². The molecule has 0 radical (unpaired) electrons. The van der Waals surface area contributed by atoms with Crippen LogP contribution in [0.1, 0.15) is 25.7 Å². The van der Waals surface area contributed by atoms with Gasteiger partial charge in [0, 0.05) is 19.5 Å². The number of nitrogens with zero attached hydrogens (tertiary/aromatic N) is 1. The van der Waals surface area contributed by atoms with Crippen LogP contribution in [0.2, 0.25) is 0 Å². The second-order valence-electron chi connectivity index (χ2n) is 5.08. The van der Waals surface area contributed by atoms with E-state index in [1.807, 2.05) is 0 Å². The van der Waals surface area contributed by atoms with Crippen LogP contribution in [0.25, 0.3) is 0 Å². The predicted molar refractivity (Wildman–Crippen MR) is 66.6 cm³/mol. The third-order valence-corrected chi connectivity index (χ3v) is 3.59. The zero-order valence-electron chi connectivity index (χ0n) is 10.9. The number of likely N-dealkylation sites (tertiary alicyclic amines) is 1. The van der Waals surface area contributed by atoms with Crippen LogP contribution in [-0.4, -0.2) is 53.0 Å². The Morgan fingerprint density at radius 1 is 1.30 bits per heavy atom. The maximum atomic E-state index is 12.0. The third-order valence-electron chi connectivity index (χ3n) is 3.59. The smallest absolute Gasteiger partial charge is 0.318 e. The standard InChI is InChI=1S/C12H17N3O5/c16-9-4-3-8(10(17)14-9)13-12(20)15-5-1-2-7(6-15)11(18)19/h7-8H,1-6H2,(H,13,20)(H,18,19)(H,14,16,17)/t7-,8?/m0/s1. The van der Waals surface area contributed by atoms with Crippen LogP contribution in [0.3, 0.4) is 0 Å². The quantitative estimate of drug-likeness (QED) is 0.579. The fraction of sp³-hybridized carbons (Fsp3) is 0.667. The minimum absolute atomic E-state index is 0.147. The Morgan fingerprint density at radius 2 is 2.05 bits per heavy atom. The molecule has 2 fully saturated rings. The van der Waals surface area contributed by atoms with Gasteiger partial charge in [0.2, 0.25) is 11.8 Å². The molecule has 8 heteroatoms. The van der Waals surface area contributed by atoms with Crippen LogP contribution in [0.5, 0.6) is 0 Å². The number of imide groups is 1. The molecule has 20 heavy (non-hydrogen) atoms.